The zero-order chi connectivity index (χ0) is 16.8. The molecular weight excluding hydrogens is 312 g/mol. The quantitative estimate of drug-likeness (QED) is 0.764. The molecule has 6 heteroatoms. The molecule has 5 nitrogen and oxygen atoms in total. The molecule has 0 unspecified atom stereocenters. The minimum Gasteiger partial charge on any atom is -0.365 e. The summed E-state index contributed by atoms with van der Waals surface area (Å²) in [6.07, 6.45) is 0.979. The van der Waals surface area contributed by atoms with Crippen LogP contribution in [0.5, 0.6) is 0 Å². The van der Waals surface area contributed by atoms with E-state index < -0.39 is 5.91 Å². The number of Topliss-reactive ketones (excluding diaryl/α,β-unsaturated/α-hetero) is 1. The van der Waals surface area contributed by atoms with Crippen LogP contribution in [0, 0.1) is 6.92 Å². The summed E-state index contributed by atoms with van der Waals surface area (Å²) in [5.74, 6) is -0.767. The number of rotatable bonds is 7. The van der Waals surface area contributed by atoms with Gasteiger partial charge in [0.25, 0.3) is 5.91 Å². The first kappa shape index (κ1) is 16.9. The zero-order valence-electron chi connectivity index (χ0n) is 12.8. The maximum Gasteiger partial charge on any atom is 0.251 e. The second kappa shape index (κ2) is 7.69. The molecular formula is C17H18N2O3S. The van der Waals surface area contributed by atoms with Gasteiger partial charge in [-0.2, -0.15) is 0 Å². The first-order chi connectivity index (χ1) is 11.0. The number of primary amides is 1. The van der Waals surface area contributed by atoms with Gasteiger partial charge in [0.2, 0.25) is 5.91 Å². The maximum absolute atomic E-state index is 11.9. The normalized spacial score (nSPS) is 10.3. The van der Waals surface area contributed by atoms with Crippen molar-refractivity contribution in [3.63, 3.8) is 0 Å². The van der Waals surface area contributed by atoms with Gasteiger partial charge in [-0.15, -0.1) is 11.3 Å². The van der Waals surface area contributed by atoms with Crippen LogP contribution in [0.4, 0.5) is 5.00 Å². The first-order valence-corrected chi connectivity index (χ1v) is 8.13. The number of thiophene rings is 1. The second-order valence-electron chi connectivity index (χ2n) is 5.18. The monoisotopic (exact) mass is 330 g/mol. The summed E-state index contributed by atoms with van der Waals surface area (Å²) in [5.41, 5.74) is 7.06. The van der Waals surface area contributed by atoms with Gasteiger partial charge < -0.3 is 11.1 Å². The predicted octanol–water partition coefficient (Wildman–Crippen LogP) is 3.15. The number of nitrogens with two attached hydrogens (primary N) is 1. The Hall–Kier alpha value is -2.47. The Morgan fingerprint density at radius 3 is 2.48 bits per heavy atom. The Bertz CT molecular complexity index is 723. The molecule has 23 heavy (non-hydrogen) atoms. The molecule has 0 atom stereocenters. The van der Waals surface area contributed by atoms with Crippen LogP contribution >= 0.6 is 11.3 Å². The third-order valence-corrected chi connectivity index (χ3v) is 4.39. The molecule has 2 amide bonds. The van der Waals surface area contributed by atoms with Crippen LogP contribution in [0.25, 0.3) is 0 Å². The van der Waals surface area contributed by atoms with Crippen molar-refractivity contribution in [3.05, 3.63) is 52.4 Å². The topological polar surface area (TPSA) is 89.3 Å². The molecule has 1 heterocycles. The first-order valence-electron chi connectivity index (χ1n) is 7.25. The minimum absolute atomic E-state index is 0.0168. The lowest BCUT2D eigenvalue weighted by molar-refractivity contribution is -0.116. The molecule has 0 aliphatic heterocycles. The Morgan fingerprint density at radius 1 is 1.13 bits per heavy atom. The number of carbonyl (C=O) groups excluding carboxylic acids is 3. The summed E-state index contributed by atoms with van der Waals surface area (Å²) >= 11 is 1.27. The van der Waals surface area contributed by atoms with E-state index in [1.807, 2.05) is 18.2 Å². The Balaban J connectivity index is 1.84. The SMILES string of the molecule is Cc1csc(NC(=O)CCCC(=O)c2ccccc2)c1C(N)=O. The van der Waals surface area contributed by atoms with Crippen molar-refractivity contribution in [2.75, 3.05) is 5.32 Å². The number of amides is 2. The number of nitrogens with one attached hydrogen (secondary N) is 1. The number of hydrogen-bond donors (Lipinski definition) is 2. The summed E-state index contributed by atoms with van der Waals surface area (Å²) in [6, 6.07) is 8.99. The number of hydrogen-bond acceptors (Lipinski definition) is 4. The highest BCUT2D eigenvalue weighted by Gasteiger charge is 2.16. The van der Waals surface area contributed by atoms with Crippen LogP contribution < -0.4 is 11.1 Å². The highest BCUT2D eigenvalue weighted by molar-refractivity contribution is 7.15. The van der Waals surface area contributed by atoms with E-state index in [1.54, 1.807) is 24.4 Å². The summed E-state index contributed by atoms with van der Waals surface area (Å²) in [7, 11) is 0. The molecule has 0 saturated carbocycles. The summed E-state index contributed by atoms with van der Waals surface area (Å²) in [4.78, 5) is 35.3. The fourth-order valence-corrected chi connectivity index (χ4v) is 3.17. The standard InChI is InChI=1S/C17H18N2O3S/c1-11-10-23-17(15(11)16(18)22)19-14(21)9-5-8-13(20)12-6-3-2-4-7-12/h2-4,6-7,10H,5,8-9H2,1H3,(H2,18,22)(H,19,21). The molecule has 0 saturated heterocycles. The molecule has 2 rings (SSSR count). The van der Waals surface area contributed by atoms with Gasteiger partial charge in [-0.1, -0.05) is 30.3 Å². The molecule has 0 bridgehead atoms. The van der Waals surface area contributed by atoms with Crippen LogP contribution in [0.2, 0.25) is 0 Å². The molecule has 0 aliphatic rings. The van der Waals surface area contributed by atoms with Gasteiger partial charge in [0.05, 0.1) is 5.56 Å². The fraction of sp³-hybridized carbons (Fsp3) is 0.235. The minimum atomic E-state index is -0.557. The smallest absolute Gasteiger partial charge is 0.251 e. The Kier molecular flexibility index (Phi) is 5.65. The highest BCUT2D eigenvalue weighted by atomic mass is 32.1. The van der Waals surface area contributed by atoms with Crippen LogP contribution in [0.15, 0.2) is 35.7 Å². The molecule has 3 N–H and O–H groups in total. The van der Waals surface area contributed by atoms with Crippen molar-refractivity contribution in [3.8, 4) is 0 Å². The van der Waals surface area contributed by atoms with Crippen molar-refractivity contribution < 1.29 is 14.4 Å². The van der Waals surface area contributed by atoms with Crippen LogP contribution in [0.3, 0.4) is 0 Å². The van der Waals surface area contributed by atoms with Crippen molar-refractivity contribution in [1.29, 1.82) is 0 Å². The van der Waals surface area contributed by atoms with E-state index in [9.17, 15) is 14.4 Å². The van der Waals surface area contributed by atoms with Crippen LogP contribution in [-0.2, 0) is 4.79 Å². The molecule has 2 aromatic rings. The van der Waals surface area contributed by atoms with E-state index in [4.69, 9.17) is 5.73 Å². The van der Waals surface area contributed by atoms with E-state index in [0.29, 0.717) is 29.0 Å². The number of benzene rings is 1. The molecule has 0 spiro atoms. The second-order valence-corrected chi connectivity index (χ2v) is 6.06. The maximum atomic E-state index is 11.9. The van der Waals surface area contributed by atoms with Crippen molar-refractivity contribution in [2.24, 2.45) is 5.73 Å². The number of ketones is 1. The summed E-state index contributed by atoms with van der Waals surface area (Å²) < 4.78 is 0. The van der Waals surface area contributed by atoms with Gasteiger partial charge in [0, 0.05) is 18.4 Å². The van der Waals surface area contributed by atoms with E-state index >= 15 is 0 Å². The van der Waals surface area contributed by atoms with Crippen LogP contribution in [0.1, 0.15) is 45.5 Å². The number of aryl methyl sites for hydroxylation is 1. The largest absolute Gasteiger partial charge is 0.365 e. The molecule has 1 aromatic carbocycles. The average Bonchev–Trinajstić information content (AvgIpc) is 2.88. The van der Waals surface area contributed by atoms with Gasteiger partial charge >= 0.3 is 0 Å². The fourth-order valence-electron chi connectivity index (χ4n) is 2.21. The number of anilines is 1. The van der Waals surface area contributed by atoms with Crippen molar-refractivity contribution in [2.45, 2.75) is 26.2 Å². The van der Waals surface area contributed by atoms with Crippen molar-refractivity contribution >= 4 is 33.9 Å². The van der Waals surface area contributed by atoms with E-state index in [0.717, 1.165) is 5.56 Å². The molecule has 120 valence electrons. The molecule has 1 aromatic heterocycles. The van der Waals surface area contributed by atoms with Crippen molar-refractivity contribution in [1.82, 2.24) is 0 Å². The average molecular weight is 330 g/mol. The number of carbonyl (C=O) groups is 3. The summed E-state index contributed by atoms with van der Waals surface area (Å²) in [5, 5.41) is 4.93. The third kappa shape index (κ3) is 4.50. The van der Waals surface area contributed by atoms with E-state index in [2.05, 4.69) is 5.32 Å². The lowest BCUT2D eigenvalue weighted by Gasteiger charge is -2.05. The van der Waals surface area contributed by atoms with Gasteiger partial charge in [-0.25, -0.2) is 0 Å². The molecule has 0 radical (unpaired) electrons. The van der Waals surface area contributed by atoms with Crippen LogP contribution in [-0.4, -0.2) is 17.6 Å². The van der Waals surface area contributed by atoms with Gasteiger partial charge in [-0.3, -0.25) is 14.4 Å². The zero-order valence-corrected chi connectivity index (χ0v) is 13.6. The van der Waals surface area contributed by atoms with Gasteiger partial charge in [0.1, 0.15) is 5.00 Å². The Labute approximate surface area is 138 Å². The highest BCUT2D eigenvalue weighted by Crippen LogP contribution is 2.27. The Morgan fingerprint density at radius 2 is 1.83 bits per heavy atom. The van der Waals surface area contributed by atoms with Gasteiger partial charge in [0.15, 0.2) is 5.78 Å². The van der Waals surface area contributed by atoms with Gasteiger partial charge in [-0.05, 0) is 24.3 Å². The third-order valence-electron chi connectivity index (χ3n) is 3.38. The molecule has 0 fully saturated rings. The molecule has 0 aliphatic carbocycles. The van der Waals surface area contributed by atoms with E-state index in [1.165, 1.54) is 11.3 Å². The van der Waals surface area contributed by atoms with E-state index in [-0.39, 0.29) is 18.1 Å². The lowest BCUT2D eigenvalue weighted by atomic mass is 10.1. The lowest BCUT2D eigenvalue weighted by Crippen LogP contribution is -2.17. The predicted molar refractivity (Wildman–Crippen MR) is 90.8 cm³/mol. The summed E-state index contributed by atoms with van der Waals surface area (Å²) in [6.45, 7) is 1.77.